The van der Waals surface area contributed by atoms with E-state index in [-0.39, 0.29) is 35.0 Å². The number of benzene rings is 1. The number of nitrogens with one attached hydrogen (secondary N) is 2. The van der Waals surface area contributed by atoms with E-state index in [4.69, 9.17) is 0 Å². The van der Waals surface area contributed by atoms with Crippen LogP contribution in [0.4, 0.5) is 0 Å². The molecule has 1 aliphatic heterocycles. The van der Waals surface area contributed by atoms with Gasteiger partial charge in [0.2, 0.25) is 0 Å². The van der Waals surface area contributed by atoms with Gasteiger partial charge >= 0.3 is 0 Å². The molecule has 0 fully saturated rings. The third-order valence-corrected chi connectivity index (χ3v) is 6.30. The number of fused-ring (bicyclic) bond motifs is 1. The van der Waals surface area contributed by atoms with Gasteiger partial charge < -0.3 is 10.6 Å². The Hall–Kier alpha value is -3.27. The molecule has 0 spiro atoms. The van der Waals surface area contributed by atoms with Gasteiger partial charge in [-0.3, -0.25) is 19.4 Å². The molecule has 1 aliphatic rings. The first-order valence-corrected chi connectivity index (χ1v) is 10.4. The molecule has 0 saturated heterocycles. The van der Waals surface area contributed by atoms with Crippen molar-refractivity contribution in [1.29, 1.82) is 0 Å². The summed E-state index contributed by atoms with van der Waals surface area (Å²) >= 11 is 0. The summed E-state index contributed by atoms with van der Waals surface area (Å²) in [5.74, 6) is -1.42. The van der Waals surface area contributed by atoms with Crippen molar-refractivity contribution in [2.75, 3.05) is 13.1 Å². The van der Waals surface area contributed by atoms with E-state index in [1.807, 2.05) is 0 Å². The van der Waals surface area contributed by atoms with E-state index in [1.54, 1.807) is 32.2 Å². The smallest absolute Gasteiger partial charge is 0.269 e. The fourth-order valence-electron chi connectivity index (χ4n) is 2.95. The summed E-state index contributed by atoms with van der Waals surface area (Å²) in [6.45, 7) is 3.54. The molecule has 1 aromatic carbocycles. The Morgan fingerprint density at radius 2 is 1.72 bits per heavy atom. The number of amides is 3. The molecule has 3 amide bonds. The Kier molecular flexibility index (Phi) is 5.64. The summed E-state index contributed by atoms with van der Waals surface area (Å²) in [7, 11) is -3.98. The van der Waals surface area contributed by atoms with Crippen LogP contribution in [0.5, 0.6) is 0 Å². The minimum Gasteiger partial charge on any atom is -0.350 e. The normalized spacial score (nSPS) is 14.6. The average Bonchev–Trinajstić information content (AvgIpc) is 2.90. The quantitative estimate of drug-likeness (QED) is 0.671. The highest BCUT2D eigenvalue weighted by Crippen LogP contribution is 2.32. The number of pyridine rings is 1. The first kappa shape index (κ1) is 20.5. The first-order chi connectivity index (χ1) is 13.7. The lowest BCUT2D eigenvalue weighted by Gasteiger charge is -2.18. The number of sulfonamides is 1. The molecule has 0 aliphatic carbocycles. The summed E-state index contributed by atoms with van der Waals surface area (Å²) in [5, 5.41) is 5.25. The van der Waals surface area contributed by atoms with Gasteiger partial charge in [0.15, 0.2) is 0 Å². The number of hydrogen-bond acceptors (Lipinski definition) is 6. The molecule has 10 heteroatoms. The van der Waals surface area contributed by atoms with E-state index in [0.29, 0.717) is 5.56 Å². The minimum atomic E-state index is -3.98. The highest BCUT2D eigenvalue weighted by Gasteiger charge is 2.42. The molecule has 0 unspecified atom stereocenters. The summed E-state index contributed by atoms with van der Waals surface area (Å²) in [4.78, 5) is 40.3. The average molecular weight is 416 g/mol. The van der Waals surface area contributed by atoms with Crippen LogP contribution in [-0.4, -0.2) is 54.6 Å². The van der Waals surface area contributed by atoms with Gasteiger partial charge in [-0.1, -0.05) is 0 Å². The molecular weight excluding hydrogens is 396 g/mol. The molecule has 0 saturated carbocycles. The van der Waals surface area contributed by atoms with E-state index < -0.39 is 27.9 Å². The molecule has 3 rings (SSSR count). The number of rotatable bonds is 6. The van der Waals surface area contributed by atoms with Crippen LogP contribution in [0, 0.1) is 0 Å². The van der Waals surface area contributed by atoms with Crippen molar-refractivity contribution in [3.63, 3.8) is 0 Å². The molecule has 9 nitrogen and oxygen atoms in total. The van der Waals surface area contributed by atoms with E-state index >= 15 is 0 Å². The Labute approximate surface area is 168 Å². The Balaban J connectivity index is 1.63. The molecule has 1 aromatic heterocycles. The Bertz CT molecular complexity index is 1070. The summed E-state index contributed by atoms with van der Waals surface area (Å²) < 4.78 is 26.0. The lowest BCUT2D eigenvalue weighted by Crippen LogP contribution is -2.36. The molecule has 0 bridgehead atoms. The largest absolute Gasteiger partial charge is 0.350 e. The molecule has 2 aromatic rings. The maximum atomic E-state index is 12.6. The SMILES string of the molecule is CC(C)N1C(=O)c2ccc(C(=O)NCCNC(=O)c3cccnc3)cc2S1(=O)=O. The highest BCUT2D eigenvalue weighted by atomic mass is 32.2. The van der Waals surface area contributed by atoms with Crippen LogP contribution in [0.3, 0.4) is 0 Å². The Morgan fingerprint density at radius 3 is 2.31 bits per heavy atom. The monoisotopic (exact) mass is 416 g/mol. The van der Waals surface area contributed by atoms with E-state index in [2.05, 4.69) is 15.6 Å². The molecular formula is C19H20N4O5S. The topological polar surface area (TPSA) is 126 Å². The van der Waals surface area contributed by atoms with Crippen molar-refractivity contribution < 1.29 is 22.8 Å². The van der Waals surface area contributed by atoms with Crippen LogP contribution in [0.2, 0.25) is 0 Å². The van der Waals surface area contributed by atoms with E-state index in [0.717, 1.165) is 4.31 Å². The van der Waals surface area contributed by atoms with Crippen molar-refractivity contribution in [2.24, 2.45) is 0 Å². The summed E-state index contributed by atoms with van der Waals surface area (Å²) in [5.41, 5.74) is 0.574. The van der Waals surface area contributed by atoms with Crippen LogP contribution >= 0.6 is 0 Å². The van der Waals surface area contributed by atoms with E-state index in [9.17, 15) is 22.8 Å². The lowest BCUT2D eigenvalue weighted by atomic mass is 10.1. The predicted molar refractivity (Wildman–Crippen MR) is 104 cm³/mol. The van der Waals surface area contributed by atoms with Gasteiger partial charge in [-0.15, -0.1) is 0 Å². The number of carbonyl (C=O) groups excluding carboxylic acids is 3. The number of hydrogen-bond donors (Lipinski definition) is 2. The zero-order valence-corrected chi connectivity index (χ0v) is 16.7. The standard InChI is InChI=1S/C19H20N4O5S/c1-12(2)23-19(26)15-6-5-13(10-16(15)29(23,27)28)17(24)21-8-9-22-18(25)14-4-3-7-20-11-14/h3-7,10-12H,8-9H2,1-2H3,(H,21,24)(H,22,25). The zero-order valence-electron chi connectivity index (χ0n) is 15.9. The minimum absolute atomic E-state index is 0.0546. The fourth-order valence-corrected chi connectivity index (χ4v) is 4.75. The fraction of sp³-hybridized carbons (Fsp3) is 0.263. The molecule has 0 radical (unpaired) electrons. The van der Waals surface area contributed by atoms with Gasteiger partial charge in [0.05, 0.1) is 11.1 Å². The number of aromatic nitrogens is 1. The van der Waals surface area contributed by atoms with Gasteiger partial charge in [-0.05, 0) is 44.2 Å². The second-order valence-electron chi connectivity index (χ2n) is 6.66. The maximum Gasteiger partial charge on any atom is 0.269 e. The molecule has 0 atom stereocenters. The zero-order chi connectivity index (χ0) is 21.2. The second kappa shape index (κ2) is 8.00. The Morgan fingerprint density at radius 1 is 1.07 bits per heavy atom. The van der Waals surface area contributed by atoms with Crippen molar-refractivity contribution in [3.8, 4) is 0 Å². The highest BCUT2D eigenvalue weighted by molar-refractivity contribution is 7.90. The van der Waals surface area contributed by atoms with Gasteiger partial charge in [0.1, 0.15) is 4.90 Å². The second-order valence-corrected chi connectivity index (χ2v) is 8.45. The number of carbonyl (C=O) groups is 3. The summed E-state index contributed by atoms with van der Waals surface area (Å²) in [6, 6.07) is 6.68. The van der Waals surface area contributed by atoms with Gasteiger partial charge in [-0.25, -0.2) is 12.7 Å². The van der Waals surface area contributed by atoms with Crippen molar-refractivity contribution in [1.82, 2.24) is 19.9 Å². The van der Waals surface area contributed by atoms with Gasteiger partial charge in [-0.2, -0.15) is 0 Å². The third kappa shape index (κ3) is 3.97. The van der Waals surface area contributed by atoms with Crippen molar-refractivity contribution in [2.45, 2.75) is 24.8 Å². The van der Waals surface area contributed by atoms with Crippen molar-refractivity contribution in [3.05, 3.63) is 59.4 Å². The van der Waals surface area contributed by atoms with Crippen LogP contribution in [0.1, 0.15) is 44.9 Å². The predicted octanol–water partition coefficient (Wildman–Crippen LogP) is 0.794. The number of nitrogens with zero attached hydrogens (tertiary/aromatic N) is 2. The summed E-state index contributed by atoms with van der Waals surface area (Å²) in [6.07, 6.45) is 2.99. The van der Waals surface area contributed by atoms with Crippen LogP contribution < -0.4 is 10.6 Å². The first-order valence-electron chi connectivity index (χ1n) is 8.92. The van der Waals surface area contributed by atoms with Gasteiger partial charge in [0.25, 0.3) is 27.7 Å². The third-order valence-electron chi connectivity index (χ3n) is 4.30. The van der Waals surface area contributed by atoms with E-state index in [1.165, 1.54) is 24.4 Å². The molecule has 2 heterocycles. The maximum absolute atomic E-state index is 12.6. The van der Waals surface area contributed by atoms with Crippen LogP contribution in [0.15, 0.2) is 47.6 Å². The lowest BCUT2D eigenvalue weighted by molar-refractivity contribution is 0.0845. The molecule has 2 N–H and O–H groups in total. The van der Waals surface area contributed by atoms with Crippen LogP contribution in [0.25, 0.3) is 0 Å². The molecule has 29 heavy (non-hydrogen) atoms. The van der Waals surface area contributed by atoms with Gasteiger partial charge in [0, 0.05) is 37.1 Å². The molecule has 152 valence electrons. The van der Waals surface area contributed by atoms with Crippen LogP contribution in [-0.2, 0) is 10.0 Å². The van der Waals surface area contributed by atoms with Crippen molar-refractivity contribution >= 4 is 27.7 Å².